The third kappa shape index (κ3) is 393. The van der Waals surface area contributed by atoms with Crippen LogP contribution in [-0.2, 0) is 91.0 Å². The highest BCUT2D eigenvalue weighted by molar-refractivity contribution is 7.90. The fraction of sp³-hybridized carbons (Fsp3) is 0.647. The van der Waals surface area contributed by atoms with Gasteiger partial charge in [0.1, 0.15) is 15.6 Å². The van der Waals surface area contributed by atoms with Crippen LogP contribution in [-0.4, -0.2) is 254 Å². The monoisotopic (exact) mass is 1530 g/mol. The molecule has 1 amide bonds. The van der Waals surface area contributed by atoms with E-state index in [0.717, 1.165) is 58.0 Å². The Bertz CT molecular complexity index is 2430. The Kier molecular flexibility index (Phi) is 147. The first-order chi connectivity index (χ1) is 44.9. The van der Waals surface area contributed by atoms with E-state index < -0.39 is 46.5 Å². The van der Waals surface area contributed by atoms with Crippen LogP contribution in [0.15, 0.2) is 103 Å². The minimum absolute atomic E-state index is 0.0926. The number of aryl methyl sites for hydroxylation is 1. The van der Waals surface area contributed by atoms with Crippen molar-refractivity contribution in [3.63, 3.8) is 0 Å². The van der Waals surface area contributed by atoms with Crippen LogP contribution in [0.4, 0.5) is 4.79 Å². The number of quaternary nitrogens is 1. The number of hydrogen-bond acceptors (Lipinski definition) is 25. The largest absolute Gasteiger partial charge is 0.633 e. The standard InChI is InChI=1S/C8H8O2.C7H8.C6H12.C4H9NO.C4H9N.C4H10.C3H9NO.C3H9N.C3H6O3.C3H6O2.C3H8O.C3H6O.C3H8.C2H7NO2S.C2H6O4S.C2H6O3S.C2H6O2S.C2H6O.2C2H4/c1-10-8(9)7-5-3-2-4-6-7;1-7-5-3-2-4-6-7;1-5(2)6(3)4;1-4(6)5(2)3;1-4(2)5-3;1-4(2)3;1-4(2,3)5;1-4(2)3;1-5-3(4)6-2;1-3(4)5-2;2*1-3(2)4;1-3-2;1-3-6(2,4)5;1-5-7(3,4)6-2;1-5-6(2,3)4;1-5(2,3)4;1-3-2;2*1-2/h2-6H,1H3;2-6H,1H3;1-4H3;1-3H3;1-3H3;4H,1-3H3;1-3H3;1-3H3;1-2H3;1-2H3;3-4H,1-2H3;1-2H3;3H2,1-2H3;3H,1-2H3;1-2H3;1-2H3;1-2H3;1-2H3;2*1-2H2. The van der Waals surface area contributed by atoms with Crippen LogP contribution in [0.2, 0.25) is 0 Å². The maximum absolute atomic E-state index is 10.8. The van der Waals surface area contributed by atoms with E-state index in [-0.39, 0.29) is 34.4 Å². The molecule has 0 heterocycles. The first kappa shape index (κ1) is 141. The molecule has 0 radical (unpaired) electrons. The predicted octanol–water partition coefficient (Wildman–Crippen LogP) is 11.8. The van der Waals surface area contributed by atoms with Gasteiger partial charge in [-0.1, -0.05) is 106 Å². The molecule has 32 heteroatoms. The molecule has 2 rings (SSSR count). The molecular weight excluding hydrogens is 1380 g/mol. The fourth-order valence-electron chi connectivity index (χ4n) is 1.38. The lowest BCUT2D eigenvalue weighted by molar-refractivity contribution is -0.818. The normalized spacial score (nSPS) is 8.74. The smallest absolute Gasteiger partial charge is 0.507 e. The summed E-state index contributed by atoms with van der Waals surface area (Å²) in [5.41, 5.74) is 5.89. The number of benzene rings is 2. The summed E-state index contributed by atoms with van der Waals surface area (Å²) in [6.07, 6.45) is 4.84. The van der Waals surface area contributed by atoms with Crippen molar-refractivity contribution in [1.29, 1.82) is 0 Å². The Balaban J connectivity index is -0.0000000447. The second-order valence-corrected chi connectivity index (χ2v) is 28.7. The average Bonchev–Trinajstić information content (AvgIpc) is 0.960. The lowest BCUT2D eigenvalue weighted by atomic mass is 10.2. The van der Waals surface area contributed by atoms with E-state index in [1.165, 1.54) is 91.2 Å². The Morgan fingerprint density at radius 1 is 0.570 bits per heavy atom. The highest BCUT2D eigenvalue weighted by atomic mass is 32.3. The Hall–Kier alpha value is -5.88. The number of rotatable bonds is 5. The number of esters is 2. The number of hydrogen-bond donors (Lipinski definition) is 2. The topological polar surface area (TPSA) is 370 Å². The number of allylic oxidation sites excluding steroid dienone is 2. The lowest BCUT2D eigenvalue weighted by Gasteiger charge is -2.27. The minimum Gasteiger partial charge on any atom is -0.633 e. The zero-order valence-electron chi connectivity index (χ0n) is 69.8. The van der Waals surface area contributed by atoms with Gasteiger partial charge in [-0.05, 0) is 122 Å². The quantitative estimate of drug-likeness (QED) is 0.0534. The number of aliphatic hydroxyl groups is 1. The number of nitrogens with zero attached hydrogens (tertiary/aromatic N) is 4. The first-order valence-electron chi connectivity index (χ1n) is 29.7. The van der Waals surface area contributed by atoms with Gasteiger partial charge in [-0.15, -0.1) is 26.3 Å². The Morgan fingerprint density at radius 2 is 0.750 bits per heavy atom. The van der Waals surface area contributed by atoms with Gasteiger partial charge < -0.3 is 53.2 Å². The van der Waals surface area contributed by atoms with Gasteiger partial charge in [0.05, 0.1) is 89.0 Å². The summed E-state index contributed by atoms with van der Waals surface area (Å²) >= 11 is 0. The molecule has 0 unspecified atom stereocenters. The molecule has 0 atom stereocenters. The summed E-state index contributed by atoms with van der Waals surface area (Å²) < 4.78 is 113. The van der Waals surface area contributed by atoms with Gasteiger partial charge in [-0.3, -0.25) is 27.1 Å². The molecule has 2 aromatic rings. The molecule has 2 aromatic carbocycles. The van der Waals surface area contributed by atoms with Crippen molar-refractivity contribution in [2.24, 2.45) is 10.9 Å². The zero-order valence-corrected chi connectivity index (χ0v) is 73.1. The van der Waals surface area contributed by atoms with Gasteiger partial charge in [0.2, 0.25) is 15.9 Å². The van der Waals surface area contributed by atoms with Crippen LogP contribution < -0.4 is 4.72 Å². The van der Waals surface area contributed by atoms with Gasteiger partial charge >= 0.3 is 28.5 Å². The number of carbonyl (C=O) groups is 5. The van der Waals surface area contributed by atoms with Crippen molar-refractivity contribution in [2.45, 2.75) is 137 Å². The van der Waals surface area contributed by atoms with Crippen LogP contribution in [0.25, 0.3) is 0 Å². The maximum Gasteiger partial charge on any atom is 0.507 e. The second kappa shape index (κ2) is 104. The number of aliphatic hydroxyl groups excluding tert-OH is 1. The van der Waals surface area contributed by atoms with E-state index in [2.05, 4.69) is 154 Å². The molecule has 2 N–H and O–H groups in total. The molecular formula is C68H147N5O23S4. The minimum atomic E-state index is -3.66. The van der Waals surface area contributed by atoms with E-state index in [9.17, 15) is 62.9 Å². The Morgan fingerprint density at radius 3 is 0.810 bits per heavy atom. The number of carbonyl (C=O) groups excluding carboxylic acids is 5. The molecule has 0 bridgehead atoms. The van der Waals surface area contributed by atoms with Crippen molar-refractivity contribution >= 4 is 75.9 Å². The van der Waals surface area contributed by atoms with Crippen molar-refractivity contribution in [2.75, 3.05) is 159 Å². The number of methoxy groups -OCH3 is 5. The summed E-state index contributed by atoms with van der Waals surface area (Å²) in [5, 5.41) is 18.1. The summed E-state index contributed by atoms with van der Waals surface area (Å²) in [6, 6.07) is 19.1. The number of ketones is 1. The van der Waals surface area contributed by atoms with Crippen molar-refractivity contribution in [3.05, 3.63) is 114 Å². The van der Waals surface area contributed by atoms with E-state index in [0.29, 0.717) is 5.56 Å². The van der Waals surface area contributed by atoms with Crippen LogP contribution in [0.3, 0.4) is 0 Å². The maximum atomic E-state index is 10.8. The summed E-state index contributed by atoms with van der Waals surface area (Å²) in [4.78, 5) is 57.0. The predicted molar refractivity (Wildman–Crippen MR) is 421 cm³/mol. The van der Waals surface area contributed by atoms with Gasteiger partial charge in [-0.25, -0.2) is 31.1 Å². The van der Waals surface area contributed by atoms with E-state index in [4.69, 9.17) is 5.11 Å². The number of sulfonamides is 1. The van der Waals surface area contributed by atoms with Gasteiger partial charge in [0, 0.05) is 73.5 Å². The van der Waals surface area contributed by atoms with Gasteiger partial charge in [0.25, 0.3) is 10.1 Å². The van der Waals surface area contributed by atoms with Gasteiger partial charge in [0.15, 0.2) is 0 Å². The summed E-state index contributed by atoms with van der Waals surface area (Å²) in [7, 11) is 16.6. The van der Waals surface area contributed by atoms with Crippen molar-refractivity contribution in [3.8, 4) is 0 Å². The summed E-state index contributed by atoms with van der Waals surface area (Å²) in [6.45, 7) is 46.6. The zero-order chi connectivity index (χ0) is 85.4. The van der Waals surface area contributed by atoms with Crippen LogP contribution >= 0.6 is 0 Å². The molecule has 0 saturated carbocycles. The third-order valence-corrected chi connectivity index (χ3v) is 8.08. The lowest BCUT2D eigenvalue weighted by Crippen LogP contribution is -2.25. The number of amides is 1. The number of hydroxylamine groups is 3. The highest BCUT2D eigenvalue weighted by Crippen LogP contribution is 1.99. The molecule has 0 saturated heterocycles. The van der Waals surface area contributed by atoms with Crippen molar-refractivity contribution in [1.82, 2.24) is 14.5 Å². The molecule has 0 spiro atoms. The second-order valence-electron chi connectivity index (χ2n) is 21.3. The SMILES string of the molecule is C=C.C=C.CC(=O)N(C)C.CC(C)=C(C)C.CC(C)=O.CC(C)C.CC(C)O.CCC.CN(C)C.CN=C(C)C.CNS(C)(=O)=O.COC.COC(=O)OC.COC(=O)c1ccccc1.COC(C)=O.COS(=O)(=O)OC.COS(C)(=O)=O.CS(C)(=O)=O.C[N+](C)(C)[O-].Cc1ccccc1. The van der Waals surface area contributed by atoms with E-state index in [1.54, 1.807) is 94.6 Å². The Labute approximate surface area is 612 Å². The van der Waals surface area contributed by atoms with Crippen LogP contribution in [0.5, 0.6) is 0 Å². The number of nitrogens with one attached hydrogen (secondary N) is 1. The summed E-state index contributed by atoms with van der Waals surface area (Å²) in [5.74, 6) is 0.556. The first-order valence-corrected chi connectivity index (χ1v) is 37.1. The molecule has 606 valence electrons. The molecule has 0 aliphatic heterocycles. The fourth-order valence-corrected chi connectivity index (χ4v) is 1.51. The van der Waals surface area contributed by atoms with Crippen LogP contribution in [0, 0.1) is 18.0 Å². The van der Waals surface area contributed by atoms with Gasteiger partial charge in [-0.2, -0.15) is 16.8 Å². The molecule has 28 nitrogen and oxygen atoms in total. The molecule has 0 aliphatic rings. The van der Waals surface area contributed by atoms with Crippen molar-refractivity contribution < 1.29 is 104 Å². The highest BCUT2D eigenvalue weighted by Gasteiger charge is 2.02. The third-order valence-electron chi connectivity index (χ3n) is 5.91. The number of sulfone groups is 1. The van der Waals surface area contributed by atoms with Crippen LogP contribution in [0.1, 0.15) is 140 Å². The average molecular weight is 1530 g/mol. The number of Topliss-reactive ketones (excluding diaryl/α,β-unsaturated/α-hetero) is 1. The number of ether oxygens (including phenoxy) is 5. The molecule has 100 heavy (non-hydrogen) atoms. The van der Waals surface area contributed by atoms with E-state index >= 15 is 0 Å². The number of aliphatic imine (C=N–C) groups is 1. The van der Waals surface area contributed by atoms with E-state index in [1.807, 2.05) is 64.2 Å². The molecule has 0 aromatic heterocycles. The molecule has 0 fully saturated rings. The molecule has 0 aliphatic carbocycles.